The van der Waals surface area contributed by atoms with Crippen molar-refractivity contribution < 1.29 is 5.11 Å². The maximum absolute atomic E-state index is 13.1. The number of pyridine rings is 2. The van der Waals surface area contributed by atoms with E-state index in [2.05, 4.69) is 14.9 Å². The Kier molecular flexibility index (Phi) is 4.61. The third kappa shape index (κ3) is 3.19. The molecule has 7 heteroatoms. The predicted molar refractivity (Wildman–Crippen MR) is 105 cm³/mol. The summed E-state index contributed by atoms with van der Waals surface area (Å²) in [5.74, 6) is 0.751. The molecule has 0 bridgehead atoms. The zero-order valence-corrected chi connectivity index (χ0v) is 15.6. The van der Waals surface area contributed by atoms with E-state index in [1.165, 1.54) is 10.9 Å². The summed E-state index contributed by atoms with van der Waals surface area (Å²) in [5, 5.41) is 9.97. The number of fused-ring (bicyclic) bond motifs is 1. The lowest BCUT2D eigenvalue weighted by Gasteiger charge is -2.20. The van der Waals surface area contributed by atoms with Gasteiger partial charge in [0.15, 0.2) is 5.82 Å². The Bertz CT molecular complexity index is 1020. The molecule has 3 aromatic rings. The van der Waals surface area contributed by atoms with Gasteiger partial charge in [-0.05, 0) is 44.9 Å². The van der Waals surface area contributed by atoms with Crippen molar-refractivity contribution in [1.82, 2.24) is 19.5 Å². The number of anilines is 1. The lowest BCUT2D eigenvalue weighted by Crippen LogP contribution is -2.27. The van der Waals surface area contributed by atoms with Crippen molar-refractivity contribution in [2.45, 2.75) is 32.7 Å². The molecule has 140 valence electrons. The summed E-state index contributed by atoms with van der Waals surface area (Å²) in [6.45, 7) is 5.44. The van der Waals surface area contributed by atoms with E-state index in [0.29, 0.717) is 16.6 Å². The smallest absolute Gasteiger partial charge is 0.261 e. The van der Waals surface area contributed by atoms with Gasteiger partial charge in [0, 0.05) is 30.5 Å². The first-order chi connectivity index (χ1) is 13.1. The van der Waals surface area contributed by atoms with Crippen molar-refractivity contribution in [2.75, 3.05) is 24.6 Å². The summed E-state index contributed by atoms with van der Waals surface area (Å²) in [6, 6.07) is 5.36. The molecule has 0 spiro atoms. The number of rotatable bonds is 4. The molecule has 1 atom stereocenters. The van der Waals surface area contributed by atoms with Crippen LogP contribution in [-0.2, 0) is 0 Å². The third-order valence-electron chi connectivity index (χ3n) is 5.10. The molecule has 0 unspecified atom stereocenters. The first-order valence-corrected chi connectivity index (χ1v) is 9.29. The van der Waals surface area contributed by atoms with E-state index in [1.54, 1.807) is 19.2 Å². The monoisotopic (exact) mass is 365 g/mol. The van der Waals surface area contributed by atoms with Crippen LogP contribution in [0.1, 0.15) is 31.5 Å². The number of aliphatic hydroxyl groups excluding tert-OH is 1. The first kappa shape index (κ1) is 17.6. The fourth-order valence-electron chi connectivity index (χ4n) is 3.45. The number of hydrogen-bond donors (Lipinski definition) is 1. The second-order valence-electron chi connectivity index (χ2n) is 7.10. The van der Waals surface area contributed by atoms with Gasteiger partial charge in [-0.3, -0.25) is 14.3 Å². The Hall–Kier alpha value is -2.80. The minimum atomic E-state index is -0.331. The van der Waals surface area contributed by atoms with Gasteiger partial charge < -0.3 is 10.0 Å². The molecule has 3 aromatic heterocycles. The van der Waals surface area contributed by atoms with Crippen LogP contribution >= 0.6 is 0 Å². The van der Waals surface area contributed by atoms with Crippen molar-refractivity contribution in [3.05, 3.63) is 46.8 Å². The van der Waals surface area contributed by atoms with Crippen LogP contribution < -0.4 is 10.5 Å². The van der Waals surface area contributed by atoms with Crippen LogP contribution in [0.25, 0.3) is 22.2 Å². The summed E-state index contributed by atoms with van der Waals surface area (Å²) in [6.07, 6.45) is 5.51. The molecule has 4 rings (SSSR count). The van der Waals surface area contributed by atoms with E-state index in [9.17, 15) is 9.90 Å². The summed E-state index contributed by atoms with van der Waals surface area (Å²) in [5.41, 5.74) is 2.97. The first-order valence-electron chi connectivity index (χ1n) is 9.29. The minimum absolute atomic E-state index is 0.119. The summed E-state index contributed by atoms with van der Waals surface area (Å²) in [4.78, 5) is 29.0. The molecule has 4 heterocycles. The van der Waals surface area contributed by atoms with Crippen LogP contribution in [0.2, 0.25) is 0 Å². The van der Waals surface area contributed by atoms with Gasteiger partial charge in [0.05, 0.1) is 30.1 Å². The maximum Gasteiger partial charge on any atom is 0.261 e. The summed E-state index contributed by atoms with van der Waals surface area (Å²) < 4.78 is 1.48. The van der Waals surface area contributed by atoms with E-state index >= 15 is 0 Å². The quantitative estimate of drug-likeness (QED) is 0.764. The molecular weight excluding hydrogens is 342 g/mol. The second-order valence-corrected chi connectivity index (χ2v) is 7.10. The SMILES string of the molecule is Cc1ccc(-c2cc3c(=O)n([C@@H](C)CO)cnc3c(N3CCCC3)n2)cn1. The van der Waals surface area contributed by atoms with Gasteiger partial charge in [-0.1, -0.05) is 0 Å². The third-order valence-corrected chi connectivity index (χ3v) is 5.10. The van der Waals surface area contributed by atoms with Crippen molar-refractivity contribution in [1.29, 1.82) is 0 Å². The molecule has 0 aliphatic carbocycles. The molecule has 1 fully saturated rings. The Morgan fingerprint density at radius 3 is 2.67 bits per heavy atom. The van der Waals surface area contributed by atoms with E-state index in [4.69, 9.17) is 4.98 Å². The van der Waals surface area contributed by atoms with Gasteiger partial charge in [-0.15, -0.1) is 0 Å². The molecule has 1 saturated heterocycles. The Morgan fingerprint density at radius 1 is 1.22 bits per heavy atom. The molecule has 7 nitrogen and oxygen atoms in total. The van der Waals surface area contributed by atoms with Crippen LogP contribution in [0, 0.1) is 6.92 Å². The van der Waals surface area contributed by atoms with E-state index in [0.717, 1.165) is 43.0 Å². The largest absolute Gasteiger partial charge is 0.394 e. The number of nitrogens with zero attached hydrogens (tertiary/aromatic N) is 5. The lowest BCUT2D eigenvalue weighted by atomic mass is 10.1. The molecule has 1 aliphatic heterocycles. The average molecular weight is 365 g/mol. The summed E-state index contributed by atoms with van der Waals surface area (Å²) >= 11 is 0. The highest BCUT2D eigenvalue weighted by molar-refractivity contribution is 5.91. The second kappa shape index (κ2) is 7.08. The van der Waals surface area contributed by atoms with Crippen molar-refractivity contribution >= 4 is 16.7 Å². The normalized spacial score (nSPS) is 15.4. The molecule has 0 aromatic carbocycles. The number of aliphatic hydroxyl groups is 1. The van der Waals surface area contributed by atoms with Gasteiger partial charge in [-0.2, -0.15) is 0 Å². The highest BCUT2D eigenvalue weighted by Crippen LogP contribution is 2.29. The number of aryl methyl sites for hydroxylation is 1. The molecule has 1 aliphatic rings. The molecule has 0 radical (unpaired) electrons. The Balaban J connectivity index is 1.97. The van der Waals surface area contributed by atoms with Gasteiger partial charge in [0.2, 0.25) is 0 Å². The zero-order chi connectivity index (χ0) is 19.0. The van der Waals surface area contributed by atoms with Gasteiger partial charge >= 0.3 is 0 Å². The highest BCUT2D eigenvalue weighted by Gasteiger charge is 2.21. The Labute approximate surface area is 157 Å². The fourth-order valence-corrected chi connectivity index (χ4v) is 3.45. The number of aromatic nitrogens is 4. The lowest BCUT2D eigenvalue weighted by molar-refractivity contribution is 0.236. The molecule has 27 heavy (non-hydrogen) atoms. The van der Waals surface area contributed by atoms with Gasteiger partial charge in [0.25, 0.3) is 5.56 Å². The highest BCUT2D eigenvalue weighted by atomic mass is 16.3. The van der Waals surface area contributed by atoms with Gasteiger partial charge in [-0.25, -0.2) is 9.97 Å². The summed E-state index contributed by atoms with van der Waals surface area (Å²) in [7, 11) is 0. The van der Waals surface area contributed by atoms with E-state index < -0.39 is 0 Å². The minimum Gasteiger partial charge on any atom is -0.394 e. The average Bonchev–Trinajstić information content (AvgIpc) is 3.22. The molecule has 0 amide bonds. The maximum atomic E-state index is 13.1. The van der Waals surface area contributed by atoms with Crippen molar-refractivity contribution in [2.24, 2.45) is 0 Å². The fraction of sp³-hybridized carbons (Fsp3) is 0.400. The van der Waals surface area contributed by atoms with Crippen LogP contribution in [0.15, 0.2) is 35.5 Å². The van der Waals surface area contributed by atoms with Crippen LogP contribution in [0.3, 0.4) is 0 Å². The Morgan fingerprint density at radius 2 is 2.00 bits per heavy atom. The topological polar surface area (TPSA) is 84.1 Å². The van der Waals surface area contributed by atoms with E-state index in [1.807, 2.05) is 19.1 Å². The number of hydrogen-bond acceptors (Lipinski definition) is 6. The standard InChI is InChI=1S/C20H23N5O2/c1-13-5-6-15(10-21-13)17-9-16-18(19(23-17)24-7-3-4-8-24)22-12-25(20(16)27)14(2)11-26/h5-6,9-10,12,14,26H,3-4,7-8,11H2,1-2H3/t14-/m0/s1. The zero-order valence-electron chi connectivity index (χ0n) is 15.6. The van der Waals surface area contributed by atoms with Crippen molar-refractivity contribution in [3.8, 4) is 11.3 Å². The molecular formula is C20H23N5O2. The van der Waals surface area contributed by atoms with E-state index in [-0.39, 0.29) is 18.2 Å². The van der Waals surface area contributed by atoms with Crippen LogP contribution in [-0.4, -0.2) is 44.3 Å². The van der Waals surface area contributed by atoms with Crippen molar-refractivity contribution in [3.63, 3.8) is 0 Å². The van der Waals surface area contributed by atoms with Gasteiger partial charge in [0.1, 0.15) is 5.52 Å². The predicted octanol–water partition coefficient (Wildman–Crippen LogP) is 2.32. The van der Waals surface area contributed by atoms with Crippen LogP contribution in [0.4, 0.5) is 5.82 Å². The van der Waals surface area contributed by atoms with Crippen LogP contribution in [0.5, 0.6) is 0 Å². The molecule has 0 saturated carbocycles. The molecule has 1 N–H and O–H groups in total.